The summed E-state index contributed by atoms with van der Waals surface area (Å²) in [5.74, 6) is 0. The van der Waals surface area contributed by atoms with Crippen molar-refractivity contribution in [2.75, 3.05) is 6.26 Å². The van der Waals surface area contributed by atoms with Crippen molar-refractivity contribution in [3.05, 3.63) is 16.1 Å². The van der Waals surface area contributed by atoms with Crippen LogP contribution in [0.4, 0.5) is 0 Å². The molecule has 1 aliphatic rings. The van der Waals surface area contributed by atoms with E-state index >= 15 is 0 Å². The number of nitrogens with one attached hydrogen (secondary N) is 1. The molecule has 1 aromatic heterocycles. The molecule has 1 saturated carbocycles. The molecular formula is C13H22N2S2. The molecule has 1 aromatic rings. The molecule has 0 aromatic carbocycles. The Hall–Kier alpha value is -0.0600. The SMILES string of the molecule is CSC1CCCCC1NC(C)c1csc(C)n1. The third-order valence-electron chi connectivity index (χ3n) is 3.55. The molecule has 1 N–H and O–H groups in total. The van der Waals surface area contributed by atoms with Crippen LogP contribution in [0.1, 0.15) is 49.4 Å². The van der Waals surface area contributed by atoms with Crippen LogP contribution >= 0.6 is 23.1 Å². The van der Waals surface area contributed by atoms with Crippen LogP contribution < -0.4 is 5.32 Å². The zero-order chi connectivity index (χ0) is 12.3. The minimum atomic E-state index is 0.387. The van der Waals surface area contributed by atoms with Gasteiger partial charge in [-0.05, 0) is 32.9 Å². The van der Waals surface area contributed by atoms with Gasteiger partial charge in [0.1, 0.15) is 0 Å². The van der Waals surface area contributed by atoms with Crippen LogP contribution in [0.15, 0.2) is 5.38 Å². The van der Waals surface area contributed by atoms with E-state index in [1.54, 1.807) is 11.3 Å². The Balaban J connectivity index is 1.94. The maximum absolute atomic E-state index is 4.58. The molecule has 0 saturated heterocycles. The number of aromatic nitrogens is 1. The lowest BCUT2D eigenvalue weighted by Crippen LogP contribution is -2.41. The van der Waals surface area contributed by atoms with Gasteiger partial charge in [0.15, 0.2) is 0 Å². The maximum Gasteiger partial charge on any atom is 0.0898 e. The summed E-state index contributed by atoms with van der Waals surface area (Å²) in [6, 6.07) is 1.05. The molecule has 96 valence electrons. The van der Waals surface area contributed by atoms with Gasteiger partial charge in [0.2, 0.25) is 0 Å². The first kappa shape index (κ1) is 13.4. The number of aryl methyl sites for hydroxylation is 1. The Kier molecular flexibility index (Phi) is 4.88. The van der Waals surface area contributed by atoms with Crippen LogP contribution in [0, 0.1) is 6.92 Å². The van der Waals surface area contributed by atoms with Gasteiger partial charge in [0.25, 0.3) is 0 Å². The van der Waals surface area contributed by atoms with Crippen LogP contribution in [0.3, 0.4) is 0 Å². The van der Waals surface area contributed by atoms with Crippen LogP contribution in [-0.4, -0.2) is 22.5 Å². The predicted octanol–water partition coefficient (Wildman–Crippen LogP) is 3.78. The van der Waals surface area contributed by atoms with Crippen LogP contribution in [0.5, 0.6) is 0 Å². The van der Waals surface area contributed by atoms with Gasteiger partial charge in [0.05, 0.1) is 10.7 Å². The van der Waals surface area contributed by atoms with Gasteiger partial charge < -0.3 is 5.32 Å². The van der Waals surface area contributed by atoms with Gasteiger partial charge in [-0.25, -0.2) is 4.98 Å². The van der Waals surface area contributed by atoms with Crippen molar-refractivity contribution in [1.29, 1.82) is 0 Å². The zero-order valence-electron chi connectivity index (χ0n) is 10.9. The van der Waals surface area contributed by atoms with Crippen molar-refractivity contribution < 1.29 is 0 Å². The second kappa shape index (κ2) is 6.21. The normalized spacial score (nSPS) is 27.0. The van der Waals surface area contributed by atoms with Crippen LogP contribution in [0.2, 0.25) is 0 Å². The molecule has 1 aliphatic carbocycles. The van der Waals surface area contributed by atoms with Gasteiger partial charge in [-0.3, -0.25) is 0 Å². The molecule has 1 heterocycles. The lowest BCUT2D eigenvalue weighted by atomic mass is 9.94. The van der Waals surface area contributed by atoms with E-state index in [1.165, 1.54) is 36.4 Å². The fourth-order valence-corrected chi connectivity index (χ4v) is 4.21. The molecule has 0 spiro atoms. The van der Waals surface area contributed by atoms with E-state index in [1.807, 2.05) is 11.8 Å². The van der Waals surface area contributed by atoms with Crippen molar-refractivity contribution >= 4 is 23.1 Å². The first-order valence-corrected chi connectivity index (χ1v) is 8.58. The first-order valence-electron chi connectivity index (χ1n) is 6.41. The molecular weight excluding hydrogens is 248 g/mol. The summed E-state index contributed by atoms with van der Waals surface area (Å²) in [6.45, 7) is 4.31. The quantitative estimate of drug-likeness (QED) is 0.901. The molecule has 0 radical (unpaired) electrons. The molecule has 0 amide bonds. The molecule has 2 rings (SSSR count). The van der Waals surface area contributed by atoms with Crippen molar-refractivity contribution in [2.24, 2.45) is 0 Å². The Morgan fingerprint density at radius 1 is 1.47 bits per heavy atom. The van der Waals surface area contributed by atoms with Crippen molar-refractivity contribution in [3.63, 3.8) is 0 Å². The Bertz CT molecular complexity index is 351. The topological polar surface area (TPSA) is 24.9 Å². The molecule has 3 unspecified atom stereocenters. The Morgan fingerprint density at radius 2 is 2.24 bits per heavy atom. The second-order valence-corrected chi connectivity index (χ2v) is 6.98. The lowest BCUT2D eigenvalue weighted by molar-refractivity contribution is 0.354. The van der Waals surface area contributed by atoms with Crippen molar-refractivity contribution in [3.8, 4) is 0 Å². The van der Waals surface area contributed by atoms with Crippen LogP contribution in [-0.2, 0) is 0 Å². The molecule has 0 aliphatic heterocycles. The highest BCUT2D eigenvalue weighted by Gasteiger charge is 2.26. The highest BCUT2D eigenvalue weighted by Crippen LogP contribution is 2.29. The third kappa shape index (κ3) is 3.46. The molecule has 2 nitrogen and oxygen atoms in total. The predicted molar refractivity (Wildman–Crippen MR) is 78.0 cm³/mol. The number of rotatable bonds is 4. The minimum Gasteiger partial charge on any atom is -0.305 e. The summed E-state index contributed by atoms with van der Waals surface area (Å²) >= 11 is 3.76. The summed E-state index contributed by atoms with van der Waals surface area (Å²) in [4.78, 5) is 4.58. The van der Waals surface area contributed by atoms with E-state index in [0.29, 0.717) is 12.1 Å². The molecule has 4 heteroatoms. The number of thiazole rings is 1. The zero-order valence-corrected chi connectivity index (χ0v) is 12.5. The average molecular weight is 270 g/mol. The van der Waals surface area contributed by atoms with Gasteiger partial charge in [-0.2, -0.15) is 11.8 Å². The van der Waals surface area contributed by atoms with Gasteiger partial charge in [-0.15, -0.1) is 11.3 Å². The third-order valence-corrected chi connectivity index (χ3v) is 5.51. The van der Waals surface area contributed by atoms with E-state index < -0.39 is 0 Å². The number of nitrogens with zero attached hydrogens (tertiary/aromatic N) is 1. The first-order chi connectivity index (χ1) is 8.20. The van der Waals surface area contributed by atoms with E-state index in [4.69, 9.17) is 0 Å². The fraction of sp³-hybridized carbons (Fsp3) is 0.769. The Morgan fingerprint density at radius 3 is 2.88 bits per heavy atom. The Labute approximate surface area is 113 Å². The summed E-state index contributed by atoms with van der Waals surface area (Å²) in [5, 5.41) is 7.91. The second-order valence-electron chi connectivity index (χ2n) is 4.84. The molecule has 17 heavy (non-hydrogen) atoms. The summed E-state index contributed by atoms with van der Waals surface area (Å²) in [5.41, 5.74) is 1.21. The standard InChI is InChI=1S/C13H22N2S2/c1-9(12-8-17-10(2)15-12)14-11-6-4-5-7-13(11)16-3/h8-9,11,13-14H,4-7H2,1-3H3. The number of hydrogen-bond acceptors (Lipinski definition) is 4. The van der Waals surface area contributed by atoms with E-state index in [9.17, 15) is 0 Å². The highest BCUT2D eigenvalue weighted by molar-refractivity contribution is 7.99. The van der Waals surface area contributed by atoms with Crippen molar-refractivity contribution in [1.82, 2.24) is 10.3 Å². The van der Waals surface area contributed by atoms with Crippen LogP contribution in [0.25, 0.3) is 0 Å². The monoisotopic (exact) mass is 270 g/mol. The van der Waals surface area contributed by atoms with E-state index in [-0.39, 0.29) is 0 Å². The van der Waals surface area contributed by atoms with Gasteiger partial charge >= 0.3 is 0 Å². The molecule has 1 fully saturated rings. The summed E-state index contributed by atoms with van der Waals surface area (Å²) < 4.78 is 0. The average Bonchev–Trinajstić information content (AvgIpc) is 2.77. The summed E-state index contributed by atoms with van der Waals surface area (Å²) in [7, 11) is 0. The van der Waals surface area contributed by atoms with Crippen molar-refractivity contribution in [2.45, 2.75) is 56.9 Å². The largest absolute Gasteiger partial charge is 0.305 e. The number of hydrogen-bond donors (Lipinski definition) is 1. The number of thioether (sulfide) groups is 1. The lowest BCUT2D eigenvalue weighted by Gasteiger charge is -2.33. The molecule has 0 bridgehead atoms. The van der Waals surface area contributed by atoms with E-state index in [0.717, 1.165) is 5.25 Å². The molecule has 3 atom stereocenters. The fourth-order valence-electron chi connectivity index (χ4n) is 2.56. The van der Waals surface area contributed by atoms with Gasteiger partial charge in [0, 0.05) is 22.7 Å². The smallest absolute Gasteiger partial charge is 0.0898 e. The maximum atomic E-state index is 4.58. The van der Waals surface area contributed by atoms with E-state index in [2.05, 4.69) is 35.8 Å². The highest BCUT2D eigenvalue weighted by atomic mass is 32.2. The minimum absolute atomic E-state index is 0.387. The van der Waals surface area contributed by atoms with Gasteiger partial charge in [-0.1, -0.05) is 12.8 Å². The summed E-state index contributed by atoms with van der Waals surface area (Å²) in [6.07, 6.45) is 7.69.